The van der Waals surface area contributed by atoms with Crippen molar-refractivity contribution >= 4 is 16.5 Å². The van der Waals surface area contributed by atoms with Crippen LogP contribution in [-0.2, 0) is 13.0 Å². The van der Waals surface area contributed by atoms with Gasteiger partial charge in [0.1, 0.15) is 0 Å². The highest BCUT2D eigenvalue weighted by molar-refractivity contribution is 7.15. The van der Waals surface area contributed by atoms with Gasteiger partial charge in [0, 0.05) is 31.6 Å². The summed E-state index contributed by atoms with van der Waals surface area (Å²) in [6.07, 6.45) is 4.90. The summed E-state index contributed by atoms with van der Waals surface area (Å²) in [6.45, 7) is 7.55. The van der Waals surface area contributed by atoms with Gasteiger partial charge < -0.3 is 15.5 Å². The average molecular weight is 282 g/mol. The highest BCUT2D eigenvalue weighted by Gasteiger charge is 2.15. The molecule has 1 aliphatic heterocycles. The molecule has 1 aliphatic rings. The summed E-state index contributed by atoms with van der Waals surface area (Å²) in [4.78, 5) is 10.8. The fourth-order valence-corrected chi connectivity index (χ4v) is 3.49. The third-order valence-corrected chi connectivity index (χ3v) is 4.95. The molecule has 2 heterocycles. The normalized spacial score (nSPS) is 16.2. The molecule has 0 bridgehead atoms. The van der Waals surface area contributed by atoms with Crippen molar-refractivity contribution in [2.75, 3.05) is 38.1 Å². The molecule has 0 saturated carbocycles. The second-order valence-electron chi connectivity index (χ2n) is 5.29. The van der Waals surface area contributed by atoms with Crippen LogP contribution in [-0.4, -0.2) is 43.1 Å². The van der Waals surface area contributed by atoms with E-state index in [0.717, 1.165) is 31.1 Å². The van der Waals surface area contributed by atoms with E-state index in [1.807, 2.05) is 0 Å². The minimum atomic E-state index is 0.618. The van der Waals surface area contributed by atoms with Crippen molar-refractivity contribution in [2.24, 2.45) is 5.73 Å². The van der Waals surface area contributed by atoms with Gasteiger partial charge in [0.05, 0.1) is 5.69 Å². The second-order valence-corrected chi connectivity index (χ2v) is 6.35. The summed E-state index contributed by atoms with van der Waals surface area (Å²) in [5.74, 6) is 0. The number of hydrogen-bond donors (Lipinski definition) is 1. The highest BCUT2D eigenvalue weighted by atomic mass is 32.1. The molecule has 1 saturated heterocycles. The molecule has 2 rings (SSSR count). The Balaban J connectivity index is 1.91. The smallest absolute Gasteiger partial charge is 0.185 e. The Morgan fingerprint density at radius 3 is 2.74 bits per heavy atom. The minimum absolute atomic E-state index is 0.618. The summed E-state index contributed by atoms with van der Waals surface area (Å²) < 4.78 is 0. The number of nitrogens with two attached hydrogens (primary N) is 1. The average Bonchev–Trinajstić information content (AvgIpc) is 3.05. The lowest BCUT2D eigenvalue weighted by Gasteiger charge is -2.20. The number of hydrogen-bond acceptors (Lipinski definition) is 5. The SMILES string of the molecule is CCCc1nc(N(C)CCN2CCCC2)sc1CN. The van der Waals surface area contributed by atoms with Crippen LogP contribution in [0.25, 0.3) is 0 Å². The summed E-state index contributed by atoms with van der Waals surface area (Å²) in [5, 5.41) is 1.13. The number of aromatic nitrogens is 1. The van der Waals surface area contributed by atoms with E-state index in [0.29, 0.717) is 6.54 Å². The molecule has 1 aromatic rings. The van der Waals surface area contributed by atoms with Crippen molar-refractivity contribution in [3.05, 3.63) is 10.6 Å². The maximum absolute atomic E-state index is 5.81. The van der Waals surface area contributed by atoms with Gasteiger partial charge in [-0.1, -0.05) is 13.3 Å². The Labute approximate surface area is 120 Å². The number of likely N-dealkylation sites (tertiary alicyclic amines) is 1. The zero-order valence-corrected chi connectivity index (χ0v) is 13.0. The Morgan fingerprint density at radius 2 is 2.11 bits per heavy atom. The molecule has 0 aliphatic carbocycles. The zero-order chi connectivity index (χ0) is 13.7. The first-order valence-corrected chi connectivity index (χ1v) is 8.18. The Kier molecular flexibility index (Phi) is 5.60. The first kappa shape index (κ1) is 14.8. The van der Waals surface area contributed by atoms with Crippen molar-refractivity contribution in [3.63, 3.8) is 0 Å². The van der Waals surface area contributed by atoms with E-state index in [-0.39, 0.29) is 0 Å². The lowest BCUT2D eigenvalue weighted by Crippen LogP contribution is -2.31. The van der Waals surface area contributed by atoms with Gasteiger partial charge in [0.2, 0.25) is 0 Å². The minimum Gasteiger partial charge on any atom is -0.350 e. The van der Waals surface area contributed by atoms with Crippen molar-refractivity contribution in [1.29, 1.82) is 0 Å². The molecule has 2 N–H and O–H groups in total. The third-order valence-electron chi connectivity index (χ3n) is 3.72. The fourth-order valence-electron chi connectivity index (χ4n) is 2.52. The Bertz CT molecular complexity index is 385. The molecule has 108 valence electrons. The van der Waals surface area contributed by atoms with E-state index in [2.05, 4.69) is 23.8 Å². The van der Waals surface area contributed by atoms with E-state index >= 15 is 0 Å². The maximum Gasteiger partial charge on any atom is 0.185 e. The second kappa shape index (κ2) is 7.22. The van der Waals surface area contributed by atoms with Gasteiger partial charge >= 0.3 is 0 Å². The number of nitrogens with zero attached hydrogens (tertiary/aromatic N) is 3. The molecule has 0 aromatic carbocycles. The first-order chi connectivity index (χ1) is 9.24. The Morgan fingerprint density at radius 1 is 1.37 bits per heavy atom. The molecule has 0 amide bonds. The van der Waals surface area contributed by atoms with Crippen LogP contribution in [0.2, 0.25) is 0 Å². The van der Waals surface area contributed by atoms with E-state index in [1.165, 1.54) is 36.5 Å². The lowest BCUT2D eigenvalue weighted by molar-refractivity contribution is 0.346. The number of likely N-dealkylation sites (N-methyl/N-ethyl adjacent to an activating group) is 1. The predicted octanol–water partition coefficient (Wildman–Crippen LogP) is 2.09. The van der Waals surface area contributed by atoms with Crippen LogP contribution < -0.4 is 10.6 Å². The molecule has 5 heteroatoms. The van der Waals surface area contributed by atoms with E-state index in [1.54, 1.807) is 11.3 Å². The van der Waals surface area contributed by atoms with Gasteiger partial charge in [-0.05, 0) is 32.4 Å². The van der Waals surface area contributed by atoms with Gasteiger partial charge in [-0.15, -0.1) is 11.3 Å². The van der Waals surface area contributed by atoms with E-state index in [9.17, 15) is 0 Å². The van der Waals surface area contributed by atoms with Gasteiger partial charge in [0.25, 0.3) is 0 Å². The number of anilines is 1. The molecular formula is C14H26N4S. The monoisotopic (exact) mass is 282 g/mol. The van der Waals surface area contributed by atoms with Crippen LogP contribution in [0, 0.1) is 0 Å². The summed E-state index contributed by atoms with van der Waals surface area (Å²) in [7, 11) is 2.14. The van der Waals surface area contributed by atoms with E-state index in [4.69, 9.17) is 10.7 Å². The van der Waals surface area contributed by atoms with Crippen LogP contribution in [0.15, 0.2) is 0 Å². The molecule has 0 spiro atoms. The molecule has 19 heavy (non-hydrogen) atoms. The molecule has 0 atom stereocenters. The van der Waals surface area contributed by atoms with Crippen LogP contribution in [0.5, 0.6) is 0 Å². The van der Waals surface area contributed by atoms with Gasteiger partial charge in [-0.3, -0.25) is 0 Å². The van der Waals surface area contributed by atoms with Crippen LogP contribution in [0.1, 0.15) is 36.8 Å². The molecular weight excluding hydrogens is 256 g/mol. The number of aryl methyl sites for hydroxylation is 1. The van der Waals surface area contributed by atoms with E-state index < -0.39 is 0 Å². The zero-order valence-electron chi connectivity index (χ0n) is 12.2. The van der Waals surface area contributed by atoms with Crippen LogP contribution >= 0.6 is 11.3 Å². The lowest BCUT2D eigenvalue weighted by atomic mass is 10.2. The predicted molar refractivity (Wildman–Crippen MR) is 82.9 cm³/mol. The first-order valence-electron chi connectivity index (χ1n) is 7.36. The standard InChI is InChI=1S/C14H26N4S/c1-3-6-12-13(11-15)19-14(16-12)17(2)9-10-18-7-4-5-8-18/h3-11,15H2,1-2H3. The topological polar surface area (TPSA) is 45.4 Å². The molecule has 1 fully saturated rings. The third kappa shape index (κ3) is 3.91. The number of rotatable bonds is 7. The number of thiazole rings is 1. The van der Waals surface area contributed by atoms with Crippen LogP contribution in [0.3, 0.4) is 0 Å². The van der Waals surface area contributed by atoms with Crippen LogP contribution in [0.4, 0.5) is 5.13 Å². The summed E-state index contributed by atoms with van der Waals surface area (Å²) in [5.41, 5.74) is 7.02. The molecule has 0 radical (unpaired) electrons. The maximum atomic E-state index is 5.81. The molecule has 1 aromatic heterocycles. The van der Waals surface area contributed by atoms with Crippen molar-refractivity contribution in [1.82, 2.24) is 9.88 Å². The largest absolute Gasteiger partial charge is 0.350 e. The van der Waals surface area contributed by atoms with Gasteiger partial charge in [0.15, 0.2) is 5.13 Å². The fraction of sp³-hybridized carbons (Fsp3) is 0.786. The Hall–Kier alpha value is -0.650. The van der Waals surface area contributed by atoms with Crippen molar-refractivity contribution < 1.29 is 0 Å². The summed E-state index contributed by atoms with van der Waals surface area (Å²) in [6, 6.07) is 0. The molecule has 0 unspecified atom stereocenters. The van der Waals surface area contributed by atoms with Gasteiger partial charge in [-0.25, -0.2) is 4.98 Å². The summed E-state index contributed by atoms with van der Waals surface area (Å²) >= 11 is 1.76. The quantitative estimate of drug-likeness (QED) is 0.832. The molecule has 4 nitrogen and oxygen atoms in total. The highest BCUT2D eigenvalue weighted by Crippen LogP contribution is 2.26. The van der Waals surface area contributed by atoms with Crippen molar-refractivity contribution in [3.8, 4) is 0 Å². The van der Waals surface area contributed by atoms with Gasteiger partial charge in [-0.2, -0.15) is 0 Å². The van der Waals surface area contributed by atoms with Crippen molar-refractivity contribution in [2.45, 2.75) is 39.2 Å².